The summed E-state index contributed by atoms with van der Waals surface area (Å²) >= 11 is 6.17. The number of carbonyl (C=O) groups is 1. The van der Waals surface area contributed by atoms with Crippen LogP contribution in [-0.2, 0) is 10.0 Å². The van der Waals surface area contributed by atoms with Gasteiger partial charge in [-0.05, 0) is 48.5 Å². The summed E-state index contributed by atoms with van der Waals surface area (Å²) in [5, 5.41) is 2.80. The van der Waals surface area contributed by atoms with Gasteiger partial charge in [-0.15, -0.1) is 0 Å². The Hall–Kier alpha value is -3.30. The normalized spacial score (nSPS) is 11.0. The molecule has 0 aliphatic carbocycles. The summed E-state index contributed by atoms with van der Waals surface area (Å²) in [5.74, 6) is -0.408. The van der Waals surface area contributed by atoms with E-state index >= 15 is 0 Å². The average molecular weight is 479 g/mol. The van der Waals surface area contributed by atoms with Crippen molar-refractivity contribution in [3.63, 3.8) is 0 Å². The Labute approximate surface area is 190 Å². The van der Waals surface area contributed by atoms with Gasteiger partial charge in [-0.25, -0.2) is 12.8 Å². The molecule has 0 spiro atoms. The topological polar surface area (TPSA) is 84.9 Å². The lowest BCUT2D eigenvalue weighted by atomic mass is 10.2. The van der Waals surface area contributed by atoms with Crippen molar-refractivity contribution in [1.29, 1.82) is 0 Å². The van der Waals surface area contributed by atoms with E-state index in [1.54, 1.807) is 0 Å². The molecule has 0 saturated heterocycles. The van der Waals surface area contributed by atoms with E-state index < -0.39 is 21.7 Å². The summed E-state index contributed by atoms with van der Waals surface area (Å²) in [6.07, 6.45) is 0. The number of methoxy groups -OCH3 is 2. The predicted molar refractivity (Wildman–Crippen MR) is 121 cm³/mol. The Kier molecular flexibility index (Phi) is 6.90. The van der Waals surface area contributed by atoms with Crippen LogP contribution < -0.4 is 19.1 Å². The molecule has 1 N–H and O–H groups in total. The standard InChI is InChI=1S/C22H20ClFN2O5S/c1-26(19-12-18(23)20(30-2)13-21(19)31-3)32(28,29)17-6-4-5-14(11-17)22(27)25-16-9-7-15(24)8-10-16/h4-13H,1-3H3,(H,25,27). The number of hydrogen-bond acceptors (Lipinski definition) is 5. The number of hydrogen-bond donors (Lipinski definition) is 1. The van der Waals surface area contributed by atoms with Gasteiger partial charge < -0.3 is 14.8 Å². The number of nitrogens with zero attached hydrogens (tertiary/aromatic N) is 1. The molecule has 0 heterocycles. The second-order valence-corrected chi connectivity index (χ2v) is 9.00. The molecule has 0 aliphatic rings. The average Bonchev–Trinajstić information content (AvgIpc) is 2.79. The summed E-state index contributed by atoms with van der Waals surface area (Å²) in [6, 6.07) is 13.7. The van der Waals surface area contributed by atoms with Gasteiger partial charge in [-0.1, -0.05) is 17.7 Å². The van der Waals surface area contributed by atoms with Crippen molar-refractivity contribution >= 4 is 38.9 Å². The molecule has 0 atom stereocenters. The number of halogens is 2. The maximum Gasteiger partial charge on any atom is 0.264 e. The van der Waals surface area contributed by atoms with Crippen LogP contribution in [0.3, 0.4) is 0 Å². The summed E-state index contributed by atoms with van der Waals surface area (Å²) < 4.78 is 51.0. The fourth-order valence-electron chi connectivity index (χ4n) is 2.91. The zero-order chi connectivity index (χ0) is 23.5. The fourth-order valence-corrected chi connectivity index (χ4v) is 4.39. The number of carbonyl (C=O) groups excluding carboxylic acids is 1. The first kappa shape index (κ1) is 23.4. The van der Waals surface area contributed by atoms with Crippen LogP contribution in [0.1, 0.15) is 10.4 Å². The van der Waals surface area contributed by atoms with Crippen LogP contribution in [0.5, 0.6) is 11.5 Å². The van der Waals surface area contributed by atoms with Gasteiger partial charge >= 0.3 is 0 Å². The van der Waals surface area contributed by atoms with Crippen molar-refractivity contribution < 1.29 is 27.1 Å². The van der Waals surface area contributed by atoms with E-state index in [0.717, 1.165) is 4.31 Å². The van der Waals surface area contributed by atoms with E-state index in [1.807, 2.05) is 0 Å². The maximum absolute atomic E-state index is 13.3. The molecule has 10 heteroatoms. The van der Waals surface area contributed by atoms with E-state index in [1.165, 1.54) is 81.9 Å². The maximum atomic E-state index is 13.3. The Morgan fingerprint density at radius 3 is 2.28 bits per heavy atom. The molecule has 0 radical (unpaired) electrons. The number of sulfonamides is 1. The highest BCUT2D eigenvalue weighted by molar-refractivity contribution is 7.92. The molecule has 3 aromatic carbocycles. The molecular formula is C22H20ClFN2O5S. The van der Waals surface area contributed by atoms with Crippen molar-refractivity contribution in [3.8, 4) is 11.5 Å². The van der Waals surface area contributed by atoms with Gasteiger partial charge in [-0.3, -0.25) is 9.10 Å². The second-order valence-electron chi connectivity index (χ2n) is 6.62. The number of anilines is 2. The minimum absolute atomic E-state index is 0.110. The van der Waals surface area contributed by atoms with E-state index in [2.05, 4.69) is 5.32 Å². The van der Waals surface area contributed by atoms with Crippen LogP contribution in [0.25, 0.3) is 0 Å². The lowest BCUT2D eigenvalue weighted by Crippen LogP contribution is -2.27. The number of benzene rings is 3. The van der Waals surface area contributed by atoms with Crippen LogP contribution in [-0.4, -0.2) is 35.6 Å². The summed E-state index contributed by atoms with van der Waals surface area (Å²) in [6.45, 7) is 0. The molecule has 0 unspecified atom stereocenters. The zero-order valence-corrected chi connectivity index (χ0v) is 19.0. The van der Waals surface area contributed by atoms with E-state index in [4.69, 9.17) is 21.1 Å². The van der Waals surface area contributed by atoms with Gasteiger partial charge in [0.25, 0.3) is 15.9 Å². The number of ether oxygens (including phenoxy) is 2. The van der Waals surface area contributed by atoms with Crippen molar-refractivity contribution in [2.45, 2.75) is 4.90 Å². The third-order valence-corrected chi connectivity index (χ3v) is 6.71. The lowest BCUT2D eigenvalue weighted by Gasteiger charge is -2.23. The van der Waals surface area contributed by atoms with E-state index in [9.17, 15) is 17.6 Å². The first-order valence-corrected chi connectivity index (χ1v) is 11.1. The SMILES string of the molecule is COc1cc(OC)c(N(C)S(=O)(=O)c2cccc(C(=O)Nc3ccc(F)cc3)c2)cc1Cl. The number of nitrogens with one attached hydrogen (secondary N) is 1. The summed E-state index contributed by atoms with van der Waals surface area (Å²) in [7, 11) is 0.107. The van der Waals surface area contributed by atoms with Crippen molar-refractivity contribution in [2.24, 2.45) is 0 Å². The Morgan fingerprint density at radius 2 is 1.66 bits per heavy atom. The van der Waals surface area contributed by atoms with Crippen molar-refractivity contribution in [1.82, 2.24) is 0 Å². The van der Waals surface area contributed by atoms with Gasteiger partial charge in [0.15, 0.2) is 0 Å². The molecule has 3 aromatic rings. The highest BCUT2D eigenvalue weighted by Crippen LogP contribution is 2.39. The second kappa shape index (κ2) is 9.46. The molecule has 1 amide bonds. The third-order valence-electron chi connectivity index (χ3n) is 4.65. The van der Waals surface area contributed by atoms with Crippen LogP contribution in [0.2, 0.25) is 5.02 Å². The van der Waals surface area contributed by atoms with Crippen LogP contribution in [0, 0.1) is 5.82 Å². The van der Waals surface area contributed by atoms with E-state index in [-0.39, 0.29) is 26.9 Å². The summed E-state index contributed by atoms with van der Waals surface area (Å²) in [4.78, 5) is 12.5. The molecule has 7 nitrogen and oxygen atoms in total. The van der Waals surface area contributed by atoms with Crippen LogP contribution in [0.4, 0.5) is 15.8 Å². The van der Waals surface area contributed by atoms with E-state index in [0.29, 0.717) is 11.4 Å². The van der Waals surface area contributed by atoms with Crippen molar-refractivity contribution in [3.05, 3.63) is 77.1 Å². The van der Waals surface area contributed by atoms with Crippen LogP contribution in [0.15, 0.2) is 65.6 Å². The molecule has 3 rings (SSSR count). The smallest absolute Gasteiger partial charge is 0.264 e. The molecule has 0 bridgehead atoms. The first-order valence-electron chi connectivity index (χ1n) is 9.25. The number of rotatable bonds is 7. The van der Waals surface area contributed by atoms with Crippen molar-refractivity contribution in [2.75, 3.05) is 30.9 Å². The third kappa shape index (κ3) is 4.79. The number of amides is 1. The minimum atomic E-state index is -4.07. The molecule has 168 valence electrons. The fraction of sp³-hybridized carbons (Fsp3) is 0.136. The Morgan fingerprint density at radius 1 is 1.00 bits per heavy atom. The predicted octanol–water partition coefficient (Wildman–Crippen LogP) is 4.57. The first-order chi connectivity index (χ1) is 15.2. The quantitative estimate of drug-likeness (QED) is 0.537. The monoisotopic (exact) mass is 478 g/mol. The molecule has 0 saturated carbocycles. The highest BCUT2D eigenvalue weighted by atomic mass is 35.5. The largest absolute Gasteiger partial charge is 0.495 e. The Balaban J connectivity index is 1.93. The molecule has 32 heavy (non-hydrogen) atoms. The van der Waals surface area contributed by atoms with Gasteiger partial charge in [0.05, 0.1) is 29.8 Å². The molecular weight excluding hydrogens is 459 g/mol. The molecule has 0 fully saturated rings. The van der Waals surface area contributed by atoms with Gasteiger partial charge in [-0.2, -0.15) is 0 Å². The van der Waals surface area contributed by atoms with Gasteiger partial charge in [0.2, 0.25) is 0 Å². The molecule has 0 aromatic heterocycles. The van der Waals surface area contributed by atoms with Crippen LogP contribution >= 0.6 is 11.6 Å². The summed E-state index contributed by atoms with van der Waals surface area (Å²) in [5.41, 5.74) is 0.683. The molecule has 0 aliphatic heterocycles. The van der Waals surface area contributed by atoms with Gasteiger partial charge in [0, 0.05) is 24.4 Å². The highest BCUT2D eigenvalue weighted by Gasteiger charge is 2.26. The van der Waals surface area contributed by atoms with Gasteiger partial charge in [0.1, 0.15) is 17.3 Å². The Bertz CT molecular complexity index is 1250. The minimum Gasteiger partial charge on any atom is -0.495 e. The lowest BCUT2D eigenvalue weighted by molar-refractivity contribution is 0.102. The zero-order valence-electron chi connectivity index (χ0n) is 17.4.